The van der Waals surface area contributed by atoms with Crippen LogP contribution in [0.25, 0.3) is 0 Å². The summed E-state index contributed by atoms with van der Waals surface area (Å²) in [6.07, 6.45) is 0. The second-order valence-corrected chi connectivity index (χ2v) is 5.45. The van der Waals surface area contributed by atoms with Gasteiger partial charge in [0.25, 0.3) is 0 Å². The smallest absolute Gasteiger partial charge is 0.345 e. The lowest BCUT2D eigenvalue weighted by atomic mass is 10.1. The molecule has 6 heteroatoms. The van der Waals surface area contributed by atoms with Crippen molar-refractivity contribution in [3.05, 3.63) is 21.9 Å². The van der Waals surface area contributed by atoms with E-state index in [1.807, 2.05) is 0 Å². The van der Waals surface area contributed by atoms with Gasteiger partial charge >= 0.3 is 5.97 Å². The van der Waals surface area contributed by atoms with Gasteiger partial charge in [-0.2, -0.15) is 0 Å². The van der Waals surface area contributed by atoms with Gasteiger partial charge < -0.3 is 14.6 Å². The predicted molar refractivity (Wildman–Crippen MR) is 67.5 cm³/mol. The van der Waals surface area contributed by atoms with E-state index in [-0.39, 0.29) is 10.2 Å². The Bertz CT molecular complexity index is 480. The van der Waals surface area contributed by atoms with Gasteiger partial charge in [-0.05, 0) is 36.7 Å². The fraction of sp³-hybridized carbons (Fsp3) is 0.417. The Morgan fingerprint density at radius 1 is 1.44 bits per heavy atom. The van der Waals surface area contributed by atoms with Crippen LogP contribution in [0.1, 0.15) is 31.1 Å². The van der Waals surface area contributed by atoms with Gasteiger partial charge in [0.15, 0.2) is 11.6 Å². The van der Waals surface area contributed by atoms with Crippen LogP contribution in [-0.2, 0) is 4.74 Å². The van der Waals surface area contributed by atoms with E-state index in [1.54, 1.807) is 20.8 Å². The Balaban J connectivity index is 3.31. The van der Waals surface area contributed by atoms with Gasteiger partial charge in [0, 0.05) is 6.07 Å². The van der Waals surface area contributed by atoms with Gasteiger partial charge in [0.05, 0.1) is 11.6 Å². The molecular formula is C12H14BrFO4. The number of phenolic OH excluding ortho intramolecular Hbond substituents is 1. The first-order valence-electron chi connectivity index (χ1n) is 5.15. The third-order valence-electron chi connectivity index (χ3n) is 1.98. The number of esters is 1. The summed E-state index contributed by atoms with van der Waals surface area (Å²) in [5.74, 6) is -2.56. The molecule has 0 aliphatic rings. The monoisotopic (exact) mass is 320 g/mol. The van der Waals surface area contributed by atoms with Crippen molar-refractivity contribution in [3.8, 4) is 11.5 Å². The highest BCUT2D eigenvalue weighted by molar-refractivity contribution is 9.10. The van der Waals surface area contributed by atoms with E-state index in [1.165, 1.54) is 13.2 Å². The lowest BCUT2D eigenvalue weighted by Crippen LogP contribution is -2.24. The zero-order valence-corrected chi connectivity index (χ0v) is 12.1. The zero-order valence-electron chi connectivity index (χ0n) is 10.5. The Labute approximate surface area is 113 Å². The Morgan fingerprint density at radius 3 is 2.44 bits per heavy atom. The number of methoxy groups -OCH3 is 1. The molecule has 1 rings (SSSR count). The van der Waals surface area contributed by atoms with E-state index in [9.17, 15) is 14.3 Å². The standard InChI is InChI=1S/C12H14BrFO4/c1-12(2,3)18-11(16)8-9(14)7(17-4)5-6(13)10(8)15/h5,15H,1-4H3. The number of benzene rings is 1. The highest BCUT2D eigenvalue weighted by atomic mass is 79.9. The van der Waals surface area contributed by atoms with Crippen molar-refractivity contribution in [1.29, 1.82) is 0 Å². The molecule has 0 aromatic heterocycles. The maximum atomic E-state index is 13.9. The molecule has 0 saturated carbocycles. The Morgan fingerprint density at radius 2 is 2.00 bits per heavy atom. The average molecular weight is 321 g/mol. The summed E-state index contributed by atoms with van der Waals surface area (Å²) >= 11 is 3.02. The number of halogens is 2. The highest BCUT2D eigenvalue weighted by Gasteiger charge is 2.27. The lowest BCUT2D eigenvalue weighted by Gasteiger charge is -2.20. The third-order valence-corrected chi connectivity index (χ3v) is 2.58. The molecule has 1 N–H and O–H groups in total. The number of hydrogen-bond acceptors (Lipinski definition) is 4. The number of carbonyl (C=O) groups is 1. The molecule has 0 heterocycles. The molecule has 1 aromatic carbocycles. The van der Waals surface area contributed by atoms with Crippen LogP contribution in [0, 0.1) is 5.82 Å². The van der Waals surface area contributed by atoms with Crippen LogP contribution in [0.15, 0.2) is 10.5 Å². The van der Waals surface area contributed by atoms with Gasteiger partial charge in [-0.3, -0.25) is 0 Å². The van der Waals surface area contributed by atoms with E-state index in [2.05, 4.69) is 15.9 Å². The molecule has 0 fully saturated rings. The summed E-state index contributed by atoms with van der Waals surface area (Å²) < 4.78 is 23.9. The molecule has 0 aliphatic heterocycles. The average Bonchev–Trinajstić information content (AvgIpc) is 2.21. The molecule has 0 amide bonds. The number of phenols is 1. The maximum absolute atomic E-state index is 13.9. The summed E-state index contributed by atoms with van der Waals surface area (Å²) in [4.78, 5) is 11.8. The van der Waals surface area contributed by atoms with Gasteiger partial charge in [0.2, 0.25) is 0 Å². The summed E-state index contributed by atoms with van der Waals surface area (Å²) in [7, 11) is 1.26. The predicted octanol–water partition coefficient (Wildman–Crippen LogP) is 3.26. The van der Waals surface area contributed by atoms with Crippen molar-refractivity contribution >= 4 is 21.9 Å². The molecule has 100 valence electrons. The number of rotatable bonds is 2. The number of hydrogen-bond donors (Lipinski definition) is 1. The van der Waals surface area contributed by atoms with Gasteiger partial charge in [-0.25, -0.2) is 9.18 Å². The van der Waals surface area contributed by atoms with Gasteiger partial charge in [-0.15, -0.1) is 0 Å². The van der Waals surface area contributed by atoms with Crippen LogP contribution in [0.4, 0.5) is 4.39 Å². The topological polar surface area (TPSA) is 55.8 Å². The minimum Gasteiger partial charge on any atom is -0.506 e. The molecule has 0 radical (unpaired) electrons. The lowest BCUT2D eigenvalue weighted by molar-refractivity contribution is 0.00609. The minimum absolute atomic E-state index is 0.152. The van der Waals surface area contributed by atoms with E-state index in [0.717, 1.165) is 0 Å². The van der Waals surface area contributed by atoms with Crippen molar-refractivity contribution in [2.75, 3.05) is 7.11 Å². The van der Waals surface area contributed by atoms with Gasteiger partial charge in [-0.1, -0.05) is 0 Å². The molecule has 0 atom stereocenters. The Hall–Kier alpha value is -1.30. The first kappa shape index (κ1) is 14.8. The SMILES string of the molecule is COc1cc(Br)c(O)c(C(=O)OC(C)(C)C)c1F. The third kappa shape index (κ3) is 3.13. The van der Waals surface area contributed by atoms with Gasteiger partial charge in [0.1, 0.15) is 16.9 Å². The van der Waals surface area contributed by atoms with Crippen molar-refractivity contribution in [1.82, 2.24) is 0 Å². The van der Waals surface area contributed by atoms with Crippen LogP contribution in [0.3, 0.4) is 0 Å². The fourth-order valence-corrected chi connectivity index (χ4v) is 1.66. The molecule has 18 heavy (non-hydrogen) atoms. The van der Waals surface area contributed by atoms with Crippen molar-refractivity contribution in [2.45, 2.75) is 26.4 Å². The molecule has 1 aromatic rings. The first-order chi connectivity index (χ1) is 8.17. The first-order valence-corrected chi connectivity index (χ1v) is 5.95. The molecular weight excluding hydrogens is 307 g/mol. The second kappa shape index (κ2) is 5.14. The van der Waals surface area contributed by atoms with Crippen molar-refractivity contribution < 1.29 is 23.8 Å². The summed E-state index contributed by atoms with van der Waals surface area (Å²) in [6.45, 7) is 4.94. The number of ether oxygens (including phenoxy) is 2. The van der Waals surface area contributed by atoms with Crippen molar-refractivity contribution in [3.63, 3.8) is 0 Å². The summed E-state index contributed by atoms with van der Waals surface area (Å²) in [5, 5.41) is 9.72. The highest BCUT2D eigenvalue weighted by Crippen LogP contribution is 2.36. The molecule has 0 saturated heterocycles. The molecule has 0 spiro atoms. The maximum Gasteiger partial charge on any atom is 0.345 e. The van der Waals surface area contributed by atoms with Crippen LogP contribution in [0.2, 0.25) is 0 Å². The second-order valence-electron chi connectivity index (χ2n) is 4.60. The van der Waals surface area contributed by atoms with E-state index < -0.39 is 28.7 Å². The minimum atomic E-state index is -0.951. The largest absolute Gasteiger partial charge is 0.506 e. The molecule has 4 nitrogen and oxygen atoms in total. The quantitative estimate of drug-likeness (QED) is 0.850. The van der Waals surface area contributed by atoms with E-state index in [4.69, 9.17) is 9.47 Å². The molecule has 0 bridgehead atoms. The Kier molecular flexibility index (Phi) is 4.21. The summed E-state index contributed by atoms with van der Waals surface area (Å²) in [5.41, 5.74) is -1.33. The van der Waals surface area contributed by atoms with Crippen LogP contribution < -0.4 is 4.74 Å². The molecule has 0 unspecified atom stereocenters. The number of carbonyl (C=O) groups excluding carboxylic acids is 1. The van der Waals surface area contributed by atoms with E-state index in [0.29, 0.717) is 0 Å². The fourth-order valence-electron chi connectivity index (χ4n) is 1.26. The van der Waals surface area contributed by atoms with Crippen LogP contribution >= 0.6 is 15.9 Å². The number of aromatic hydroxyl groups is 1. The normalized spacial score (nSPS) is 11.2. The van der Waals surface area contributed by atoms with E-state index >= 15 is 0 Å². The van der Waals surface area contributed by atoms with Crippen LogP contribution in [-0.4, -0.2) is 23.8 Å². The van der Waals surface area contributed by atoms with Crippen molar-refractivity contribution in [2.24, 2.45) is 0 Å². The van der Waals surface area contributed by atoms with Crippen LogP contribution in [0.5, 0.6) is 11.5 Å². The zero-order chi connectivity index (χ0) is 14.1. The summed E-state index contributed by atoms with van der Waals surface area (Å²) in [6, 6.07) is 1.23. The molecule has 0 aliphatic carbocycles.